The van der Waals surface area contributed by atoms with Gasteiger partial charge < -0.3 is 5.73 Å². The fraction of sp³-hybridized carbons (Fsp3) is 0.550. The maximum absolute atomic E-state index is 9.99. The number of allylic oxidation sites excluding steroid dienone is 4. The van der Waals surface area contributed by atoms with Gasteiger partial charge in [0.2, 0.25) is 0 Å². The lowest BCUT2D eigenvalue weighted by Gasteiger charge is -2.48. The molecule has 3 atom stereocenters. The third kappa shape index (κ3) is 2.55. The Morgan fingerprint density at radius 1 is 1.32 bits per heavy atom. The average Bonchev–Trinajstić information content (AvgIpc) is 2.67. The van der Waals surface area contributed by atoms with Gasteiger partial charge in [-0.3, -0.25) is 4.90 Å². The number of nitrogens with zero attached hydrogens (tertiary/aromatic N) is 4. The first-order chi connectivity index (χ1) is 12.1. The molecule has 0 saturated carbocycles. The lowest BCUT2D eigenvalue weighted by Crippen LogP contribution is -2.51. The van der Waals surface area contributed by atoms with E-state index in [1.165, 1.54) is 0 Å². The summed E-state index contributed by atoms with van der Waals surface area (Å²) in [7, 11) is 0. The van der Waals surface area contributed by atoms with Crippen LogP contribution < -0.4 is 5.73 Å². The molecule has 2 N–H and O–H groups in total. The summed E-state index contributed by atoms with van der Waals surface area (Å²) in [4.78, 5) is 2.30. The van der Waals surface area contributed by atoms with Crippen molar-refractivity contribution in [2.24, 2.45) is 28.9 Å². The predicted octanol–water partition coefficient (Wildman–Crippen LogP) is 2.62. The van der Waals surface area contributed by atoms with Gasteiger partial charge in [-0.15, -0.1) is 0 Å². The first kappa shape index (κ1) is 17.3. The molecule has 0 amide bonds. The van der Waals surface area contributed by atoms with Gasteiger partial charge in [0, 0.05) is 24.9 Å². The molecule has 1 heterocycles. The van der Waals surface area contributed by atoms with E-state index in [0.29, 0.717) is 5.57 Å². The zero-order chi connectivity index (χ0) is 18.0. The molecule has 0 aromatic heterocycles. The molecule has 5 heteroatoms. The minimum Gasteiger partial charge on any atom is -0.399 e. The molecule has 0 radical (unpaired) electrons. The van der Waals surface area contributed by atoms with Gasteiger partial charge >= 0.3 is 0 Å². The topological polar surface area (TPSA) is 101 Å². The van der Waals surface area contributed by atoms with E-state index in [4.69, 9.17) is 5.73 Å². The monoisotopic (exact) mass is 333 g/mol. The smallest absolute Gasteiger partial charge is 0.187 e. The second-order valence-corrected chi connectivity index (χ2v) is 7.10. The Labute approximate surface area is 149 Å². The van der Waals surface area contributed by atoms with Crippen LogP contribution in [-0.2, 0) is 0 Å². The fourth-order valence-electron chi connectivity index (χ4n) is 4.69. The van der Waals surface area contributed by atoms with Crippen molar-refractivity contribution < 1.29 is 0 Å². The van der Waals surface area contributed by atoms with Gasteiger partial charge in [0.25, 0.3) is 0 Å². The highest BCUT2D eigenvalue weighted by Crippen LogP contribution is 2.53. The standard InChI is InChI=1S/C20H23N5/c1-2-25-9-8-15-16(10-21)19(24)20(12-22,13-23)18(17(15)11-25)14-6-4-3-5-7-14/h4,6,8,14,17-18H,2-3,5,7,9,11,24H2,1H3/t14-,17+,18+/m0/s1. The molecule has 5 nitrogen and oxygen atoms in total. The fourth-order valence-corrected chi connectivity index (χ4v) is 4.69. The highest BCUT2D eigenvalue weighted by molar-refractivity contribution is 5.57. The molecule has 0 fully saturated rings. The lowest BCUT2D eigenvalue weighted by atomic mass is 9.55. The molecule has 0 saturated heterocycles. The average molecular weight is 333 g/mol. The Hall–Kier alpha value is -2.55. The Morgan fingerprint density at radius 2 is 2.08 bits per heavy atom. The van der Waals surface area contributed by atoms with Crippen molar-refractivity contribution in [2.75, 3.05) is 19.6 Å². The molecule has 25 heavy (non-hydrogen) atoms. The number of nitrogens with two attached hydrogens (primary N) is 1. The van der Waals surface area contributed by atoms with Crippen LogP contribution in [0.25, 0.3) is 0 Å². The van der Waals surface area contributed by atoms with Crippen molar-refractivity contribution >= 4 is 0 Å². The molecular formula is C20H23N5. The maximum atomic E-state index is 9.99. The zero-order valence-corrected chi connectivity index (χ0v) is 14.6. The zero-order valence-electron chi connectivity index (χ0n) is 14.6. The Bertz CT molecular complexity index is 753. The van der Waals surface area contributed by atoms with Gasteiger partial charge in [0.1, 0.15) is 6.07 Å². The lowest BCUT2D eigenvalue weighted by molar-refractivity contribution is 0.130. The summed E-state index contributed by atoms with van der Waals surface area (Å²) in [5, 5.41) is 29.6. The molecule has 3 aliphatic rings. The molecule has 3 rings (SSSR count). The molecule has 128 valence electrons. The van der Waals surface area contributed by atoms with Crippen molar-refractivity contribution in [2.45, 2.75) is 26.2 Å². The molecule has 2 aliphatic carbocycles. The largest absolute Gasteiger partial charge is 0.399 e. The Kier molecular flexibility index (Phi) is 4.67. The summed E-state index contributed by atoms with van der Waals surface area (Å²) in [6.45, 7) is 4.55. The highest BCUT2D eigenvalue weighted by atomic mass is 15.1. The Balaban J connectivity index is 2.22. The van der Waals surface area contributed by atoms with Gasteiger partial charge in [0.05, 0.1) is 23.4 Å². The summed E-state index contributed by atoms with van der Waals surface area (Å²) in [6, 6.07) is 6.62. The van der Waals surface area contributed by atoms with Crippen LogP contribution in [0.5, 0.6) is 0 Å². The third-order valence-electron chi connectivity index (χ3n) is 6.00. The summed E-state index contributed by atoms with van der Waals surface area (Å²) in [6.07, 6.45) is 9.43. The number of hydrogen-bond donors (Lipinski definition) is 1. The number of nitriles is 3. The van der Waals surface area contributed by atoms with E-state index in [-0.39, 0.29) is 23.5 Å². The molecule has 0 bridgehead atoms. The van der Waals surface area contributed by atoms with Gasteiger partial charge in [-0.2, -0.15) is 15.8 Å². The minimum atomic E-state index is -1.43. The van der Waals surface area contributed by atoms with Gasteiger partial charge in [0.15, 0.2) is 5.41 Å². The van der Waals surface area contributed by atoms with Crippen molar-refractivity contribution in [3.8, 4) is 18.2 Å². The van der Waals surface area contributed by atoms with E-state index in [2.05, 4.69) is 48.3 Å². The highest BCUT2D eigenvalue weighted by Gasteiger charge is 2.55. The summed E-state index contributed by atoms with van der Waals surface area (Å²) in [5.74, 6) is -0.0866. The van der Waals surface area contributed by atoms with Crippen molar-refractivity contribution in [3.63, 3.8) is 0 Å². The maximum Gasteiger partial charge on any atom is 0.187 e. The van der Waals surface area contributed by atoms with Crippen molar-refractivity contribution in [1.82, 2.24) is 4.90 Å². The van der Waals surface area contributed by atoms with Crippen LogP contribution in [0.2, 0.25) is 0 Å². The molecular weight excluding hydrogens is 310 g/mol. The summed E-state index contributed by atoms with van der Waals surface area (Å²) < 4.78 is 0. The van der Waals surface area contributed by atoms with Crippen LogP contribution >= 0.6 is 0 Å². The van der Waals surface area contributed by atoms with E-state index >= 15 is 0 Å². The van der Waals surface area contributed by atoms with Crippen LogP contribution in [0.15, 0.2) is 35.1 Å². The quantitative estimate of drug-likeness (QED) is 0.783. The first-order valence-electron chi connectivity index (χ1n) is 8.95. The second kappa shape index (κ2) is 6.75. The molecule has 0 aromatic rings. The number of likely N-dealkylation sites (N-methyl/N-ethyl adjacent to an activating group) is 1. The molecule has 0 spiro atoms. The summed E-state index contributed by atoms with van der Waals surface area (Å²) in [5.41, 5.74) is 6.30. The molecule has 0 aromatic carbocycles. The van der Waals surface area contributed by atoms with Gasteiger partial charge in [-0.25, -0.2) is 0 Å². The van der Waals surface area contributed by atoms with Gasteiger partial charge in [-0.05, 0) is 37.3 Å². The van der Waals surface area contributed by atoms with Crippen molar-refractivity contribution in [1.29, 1.82) is 15.8 Å². The van der Waals surface area contributed by atoms with E-state index in [1.807, 2.05) is 0 Å². The van der Waals surface area contributed by atoms with Crippen molar-refractivity contribution in [3.05, 3.63) is 35.1 Å². The SMILES string of the molecule is CCN1CC=C2C(C#N)=C(N)C(C#N)(C#N)[C@H]([C@H]3C=CCCC3)[C@@H]2C1. The molecule has 0 unspecified atom stereocenters. The molecule has 1 aliphatic heterocycles. The normalized spacial score (nSPS) is 31.3. The Morgan fingerprint density at radius 3 is 2.64 bits per heavy atom. The van der Waals surface area contributed by atoms with E-state index in [0.717, 1.165) is 44.5 Å². The van der Waals surface area contributed by atoms with Crippen LogP contribution in [0, 0.1) is 57.2 Å². The summed E-state index contributed by atoms with van der Waals surface area (Å²) >= 11 is 0. The van der Waals surface area contributed by atoms with Crippen LogP contribution in [0.1, 0.15) is 26.2 Å². The van der Waals surface area contributed by atoms with Gasteiger partial charge in [-0.1, -0.05) is 25.2 Å². The third-order valence-corrected chi connectivity index (χ3v) is 6.00. The van der Waals surface area contributed by atoms with Crippen LogP contribution in [-0.4, -0.2) is 24.5 Å². The first-order valence-corrected chi connectivity index (χ1v) is 8.95. The number of rotatable bonds is 2. The van der Waals surface area contributed by atoms with Crippen LogP contribution in [0.3, 0.4) is 0 Å². The van der Waals surface area contributed by atoms with E-state index in [1.54, 1.807) is 0 Å². The second-order valence-electron chi connectivity index (χ2n) is 7.10. The van der Waals surface area contributed by atoms with Crippen LogP contribution in [0.4, 0.5) is 0 Å². The van der Waals surface area contributed by atoms with E-state index in [9.17, 15) is 15.8 Å². The number of fused-ring (bicyclic) bond motifs is 1. The number of hydrogen-bond acceptors (Lipinski definition) is 5. The minimum absolute atomic E-state index is 0.0114. The predicted molar refractivity (Wildman–Crippen MR) is 94.1 cm³/mol. The van der Waals surface area contributed by atoms with E-state index < -0.39 is 5.41 Å².